The van der Waals surface area contributed by atoms with Gasteiger partial charge < -0.3 is 5.32 Å². The van der Waals surface area contributed by atoms with E-state index >= 15 is 0 Å². The Morgan fingerprint density at radius 1 is 1.33 bits per heavy atom. The third-order valence-electron chi connectivity index (χ3n) is 3.00. The summed E-state index contributed by atoms with van der Waals surface area (Å²) in [5, 5.41) is 4.53. The Balaban J connectivity index is 2.90. The van der Waals surface area contributed by atoms with E-state index in [0.717, 1.165) is 27.1 Å². The third-order valence-corrected chi connectivity index (χ3v) is 6.00. The Hall–Kier alpha value is 0.130. The van der Waals surface area contributed by atoms with Crippen molar-refractivity contribution in [3.05, 3.63) is 33.8 Å². The number of carbonyl (C=O) groups is 1. The number of halogens is 3. The van der Waals surface area contributed by atoms with E-state index in [1.807, 2.05) is 25.1 Å². The van der Waals surface area contributed by atoms with E-state index in [-0.39, 0.29) is 11.4 Å². The lowest BCUT2D eigenvalue weighted by Crippen LogP contribution is -2.51. The number of nitrogens with one attached hydrogen (secondary N) is 1. The van der Waals surface area contributed by atoms with Gasteiger partial charge in [-0.25, -0.2) is 0 Å². The molecule has 18 heavy (non-hydrogen) atoms. The molecule has 0 spiro atoms. The molecule has 1 amide bonds. The van der Waals surface area contributed by atoms with E-state index in [2.05, 4.69) is 60.0 Å². The highest BCUT2D eigenvalue weighted by atomic mass is 79.9. The minimum atomic E-state index is -0.242. The fourth-order valence-electron chi connectivity index (χ4n) is 1.43. The van der Waals surface area contributed by atoms with Gasteiger partial charge in [0, 0.05) is 20.7 Å². The lowest BCUT2D eigenvalue weighted by Gasteiger charge is -2.30. The molecule has 5 heteroatoms. The Morgan fingerprint density at radius 3 is 2.39 bits per heavy atom. The molecule has 0 unspecified atom stereocenters. The molecule has 0 fully saturated rings. The summed E-state index contributed by atoms with van der Waals surface area (Å²) in [4.78, 5) is 12.2. The molecule has 0 aliphatic rings. The zero-order valence-electron chi connectivity index (χ0n) is 10.4. The minimum Gasteiger partial charge on any atom is -0.345 e. The number of hydrogen-bond acceptors (Lipinski definition) is 1. The second kappa shape index (κ2) is 7.06. The largest absolute Gasteiger partial charge is 0.345 e. The van der Waals surface area contributed by atoms with E-state index < -0.39 is 0 Å². The van der Waals surface area contributed by atoms with Crippen LogP contribution in [-0.4, -0.2) is 22.1 Å². The maximum atomic E-state index is 12.2. The van der Waals surface area contributed by atoms with Crippen LogP contribution >= 0.6 is 47.8 Å². The molecule has 0 saturated carbocycles. The van der Waals surface area contributed by atoms with Crippen molar-refractivity contribution in [1.29, 1.82) is 0 Å². The van der Waals surface area contributed by atoms with Gasteiger partial charge in [-0.3, -0.25) is 4.79 Å². The predicted octanol–water partition coefficient (Wildman–Crippen LogP) is 4.43. The summed E-state index contributed by atoms with van der Waals surface area (Å²) in [5.41, 5.74) is 1.55. The van der Waals surface area contributed by atoms with Crippen LogP contribution in [0.15, 0.2) is 22.7 Å². The van der Waals surface area contributed by atoms with E-state index in [9.17, 15) is 4.79 Å². The summed E-state index contributed by atoms with van der Waals surface area (Å²) in [5.74, 6) is -0.0450. The predicted molar refractivity (Wildman–Crippen MR) is 87.0 cm³/mol. The first-order valence-corrected chi connectivity index (χ1v) is 8.72. The molecular formula is C13H16Br3NO. The van der Waals surface area contributed by atoms with Gasteiger partial charge in [-0.2, -0.15) is 0 Å². The van der Waals surface area contributed by atoms with Crippen LogP contribution in [0.2, 0.25) is 0 Å². The van der Waals surface area contributed by atoms with Gasteiger partial charge in [-0.05, 0) is 31.0 Å². The lowest BCUT2D eigenvalue weighted by molar-refractivity contribution is 0.0915. The summed E-state index contributed by atoms with van der Waals surface area (Å²) in [7, 11) is 0. The zero-order chi connectivity index (χ0) is 13.8. The average molecular weight is 442 g/mol. The number of amides is 1. The van der Waals surface area contributed by atoms with Crippen molar-refractivity contribution < 1.29 is 4.79 Å². The number of hydrogen-bond donors (Lipinski definition) is 1. The lowest BCUT2D eigenvalue weighted by atomic mass is 10.0. The smallest absolute Gasteiger partial charge is 0.251 e. The zero-order valence-corrected chi connectivity index (χ0v) is 15.2. The van der Waals surface area contributed by atoms with Gasteiger partial charge in [0.25, 0.3) is 5.91 Å². The fourth-order valence-corrected chi connectivity index (χ4v) is 3.81. The number of alkyl halides is 2. The van der Waals surface area contributed by atoms with Gasteiger partial charge in [0.1, 0.15) is 0 Å². The minimum absolute atomic E-state index is 0.0450. The summed E-state index contributed by atoms with van der Waals surface area (Å²) < 4.78 is 0.954. The van der Waals surface area contributed by atoms with Gasteiger partial charge in [-0.1, -0.05) is 60.8 Å². The standard InChI is InChI=1S/C13H16Br3NO/c1-3-13(7-14,8-15)17-12(18)10-5-4-9(2)11(16)6-10/h4-6H,3,7-8H2,1-2H3,(H,17,18). The average Bonchev–Trinajstić information content (AvgIpc) is 2.39. The molecule has 100 valence electrons. The van der Waals surface area contributed by atoms with Crippen molar-refractivity contribution >= 4 is 53.7 Å². The first-order valence-electron chi connectivity index (χ1n) is 5.68. The Kier molecular flexibility index (Phi) is 6.35. The summed E-state index contributed by atoms with van der Waals surface area (Å²) in [6.45, 7) is 4.06. The van der Waals surface area contributed by atoms with E-state index in [1.165, 1.54) is 0 Å². The molecule has 0 aliphatic carbocycles. The molecule has 1 aromatic carbocycles. The SMILES string of the molecule is CCC(CBr)(CBr)NC(=O)c1ccc(C)c(Br)c1. The molecule has 0 bridgehead atoms. The first-order chi connectivity index (χ1) is 8.48. The molecule has 1 N–H and O–H groups in total. The summed E-state index contributed by atoms with van der Waals surface area (Å²) in [6, 6.07) is 5.64. The second-order valence-electron chi connectivity index (χ2n) is 4.32. The van der Waals surface area contributed by atoms with Crippen molar-refractivity contribution in [2.75, 3.05) is 10.7 Å². The highest BCUT2D eigenvalue weighted by molar-refractivity contribution is 9.10. The van der Waals surface area contributed by atoms with Crippen LogP contribution in [-0.2, 0) is 0 Å². The quantitative estimate of drug-likeness (QED) is 0.673. The van der Waals surface area contributed by atoms with Crippen LogP contribution in [0.5, 0.6) is 0 Å². The Bertz CT molecular complexity index is 422. The van der Waals surface area contributed by atoms with Crippen molar-refractivity contribution in [3.8, 4) is 0 Å². The number of aryl methyl sites for hydroxylation is 1. The molecule has 1 aromatic rings. The number of carbonyl (C=O) groups excluding carboxylic acids is 1. The van der Waals surface area contributed by atoms with Crippen LogP contribution in [0, 0.1) is 6.92 Å². The maximum Gasteiger partial charge on any atom is 0.251 e. The molecule has 0 aliphatic heterocycles. The summed E-state index contributed by atoms with van der Waals surface area (Å²) >= 11 is 10.4. The molecule has 0 radical (unpaired) electrons. The number of benzene rings is 1. The summed E-state index contributed by atoms with van der Waals surface area (Å²) in [6.07, 6.45) is 0.863. The highest BCUT2D eigenvalue weighted by Crippen LogP contribution is 2.20. The van der Waals surface area contributed by atoms with Gasteiger partial charge in [0.2, 0.25) is 0 Å². The van der Waals surface area contributed by atoms with E-state index in [4.69, 9.17) is 0 Å². The molecule has 0 aromatic heterocycles. The van der Waals surface area contributed by atoms with Crippen molar-refractivity contribution in [3.63, 3.8) is 0 Å². The van der Waals surface area contributed by atoms with Crippen molar-refractivity contribution in [1.82, 2.24) is 5.32 Å². The second-order valence-corrected chi connectivity index (χ2v) is 6.30. The Morgan fingerprint density at radius 2 is 1.94 bits per heavy atom. The van der Waals surface area contributed by atoms with E-state index in [0.29, 0.717) is 5.56 Å². The van der Waals surface area contributed by atoms with Crippen LogP contribution < -0.4 is 5.32 Å². The highest BCUT2D eigenvalue weighted by Gasteiger charge is 2.28. The monoisotopic (exact) mass is 439 g/mol. The van der Waals surface area contributed by atoms with Gasteiger partial charge in [0.05, 0.1) is 5.54 Å². The van der Waals surface area contributed by atoms with Crippen LogP contribution in [0.3, 0.4) is 0 Å². The van der Waals surface area contributed by atoms with Crippen LogP contribution in [0.4, 0.5) is 0 Å². The number of rotatable bonds is 5. The van der Waals surface area contributed by atoms with Crippen molar-refractivity contribution in [2.24, 2.45) is 0 Å². The molecule has 0 saturated heterocycles. The molecule has 1 rings (SSSR count). The van der Waals surface area contributed by atoms with E-state index in [1.54, 1.807) is 0 Å². The topological polar surface area (TPSA) is 29.1 Å². The van der Waals surface area contributed by atoms with Crippen molar-refractivity contribution in [2.45, 2.75) is 25.8 Å². The van der Waals surface area contributed by atoms with Gasteiger partial charge >= 0.3 is 0 Å². The van der Waals surface area contributed by atoms with Crippen LogP contribution in [0.25, 0.3) is 0 Å². The molecule has 0 atom stereocenters. The first kappa shape index (κ1) is 16.2. The Labute approximate surface area is 133 Å². The fraction of sp³-hybridized carbons (Fsp3) is 0.462. The molecule has 0 heterocycles. The molecule has 2 nitrogen and oxygen atoms in total. The third kappa shape index (κ3) is 3.81. The van der Waals surface area contributed by atoms with Gasteiger partial charge in [-0.15, -0.1) is 0 Å². The molecular weight excluding hydrogens is 426 g/mol. The normalized spacial score (nSPS) is 11.4. The maximum absolute atomic E-state index is 12.2. The van der Waals surface area contributed by atoms with Gasteiger partial charge in [0.15, 0.2) is 0 Å². The van der Waals surface area contributed by atoms with Crippen LogP contribution in [0.1, 0.15) is 29.3 Å².